The Kier molecular flexibility index (Phi) is 5.91. The van der Waals surface area contributed by atoms with E-state index in [1.807, 2.05) is 24.3 Å². The van der Waals surface area contributed by atoms with Crippen molar-refractivity contribution in [2.75, 3.05) is 14.2 Å². The van der Waals surface area contributed by atoms with Gasteiger partial charge in [-0.3, -0.25) is 0 Å². The standard InChI is InChI=1S/C20H19N3O5/c1-26-17-7-5-16(6-8-17)23-12-15(21-22-23)13-28-18-9-3-14(4-10-20(24)25)11-19(18)27-2/h3-12H,13H2,1-2H3,(H,24,25)/b10-4+. The van der Waals surface area contributed by atoms with E-state index in [1.54, 1.807) is 36.2 Å². The van der Waals surface area contributed by atoms with Crippen molar-refractivity contribution in [3.8, 4) is 22.9 Å². The highest BCUT2D eigenvalue weighted by atomic mass is 16.5. The molecule has 0 aliphatic carbocycles. The van der Waals surface area contributed by atoms with Gasteiger partial charge in [-0.25, -0.2) is 9.48 Å². The minimum atomic E-state index is -1.01. The van der Waals surface area contributed by atoms with Crippen LogP contribution >= 0.6 is 0 Å². The predicted molar refractivity (Wildman–Crippen MR) is 102 cm³/mol. The summed E-state index contributed by atoms with van der Waals surface area (Å²) in [5, 5.41) is 16.9. The normalized spacial score (nSPS) is 10.8. The average molecular weight is 381 g/mol. The quantitative estimate of drug-likeness (QED) is 0.599. The fourth-order valence-corrected chi connectivity index (χ4v) is 2.45. The molecule has 2 aromatic carbocycles. The first kappa shape index (κ1) is 19.0. The lowest BCUT2D eigenvalue weighted by Crippen LogP contribution is -1.98. The van der Waals surface area contributed by atoms with Crippen molar-refractivity contribution in [2.24, 2.45) is 0 Å². The zero-order valence-corrected chi connectivity index (χ0v) is 15.4. The van der Waals surface area contributed by atoms with E-state index in [0.717, 1.165) is 17.5 Å². The highest BCUT2D eigenvalue weighted by molar-refractivity contribution is 5.85. The number of carboxylic acids is 1. The first-order valence-corrected chi connectivity index (χ1v) is 8.36. The lowest BCUT2D eigenvalue weighted by molar-refractivity contribution is -0.131. The third kappa shape index (κ3) is 4.67. The molecule has 0 saturated heterocycles. The summed E-state index contributed by atoms with van der Waals surface area (Å²) in [4.78, 5) is 10.6. The van der Waals surface area contributed by atoms with Crippen LogP contribution < -0.4 is 14.2 Å². The second-order valence-electron chi connectivity index (χ2n) is 5.72. The fraction of sp³-hybridized carbons (Fsp3) is 0.150. The minimum absolute atomic E-state index is 0.205. The maximum absolute atomic E-state index is 10.6. The van der Waals surface area contributed by atoms with Gasteiger partial charge in [-0.15, -0.1) is 5.10 Å². The number of nitrogens with zero attached hydrogens (tertiary/aromatic N) is 3. The first-order chi connectivity index (χ1) is 13.6. The van der Waals surface area contributed by atoms with Crippen molar-refractivity contribution < 1.29 is 24.1 Å². The topological polar surface area (TPSA) is 95.7 Å². The van der Waals surface area contributed by atoms with Crippen LogP contribution in [0.4, 0.5) is 0 Å². The zero-order valence-electron chi connectivity index (χ0n) is 15.4. The Bertz CT molecular complexity index is 980. The van der Waals surface area contributed by atoms with Crippen LogP contribution in [0, 0.1) is 0 Å². The van der Waals surface area contributed by atoms with Gasteiger partial charge in [0.25, 0.3) is 0 Å². The molecule has 8 nitrogen and oxygen atoms in total. The fourth-order valence-electron chi connectivity index (χ4n) is 2.45. The van der Waals surface area contributed by atoms with Gasteiger partial charge in [-0.2, -0.15) is 0 Å². The maximum Gasteiger partial charge on any atom is 0.328 e. The molecule has 144 valence electrons. The van der Waals surface area contributed by atoms with Crippen LogP contribution in [0.3, 0.4) is 0 Å². The number of hydrogen-bond donors (Lipinski definition) is 1. The molecule has 1 N–H and O–H groups in total. The number of hydrogen-bond acceptors (Lipinski definition) is 6. The van der Waals surface area contributed by atoms with Crippen molar-refractivity contribution in [1.29, 1.82) is 0 Å². The van der Waals surface area contributed by atoms with Crippen molar-refractivity contribution >= 4 is 12.0 Å². The van der Waals surface area contributed by atoms with E-state index >= 15 is 0 Å². The van der Waals surface area contributed by atoms with E-state index in [-0.39, 0.29) is 6.61 Å². The molecule has 0 spiro atoms. The molecule has 28 heavy (non-hydrogen) atoms. The van der Waals surface area contributed by atoms with E-state index < -0.39 is 5.97 Å². The van der Waals surface area contributed by atoms with Crippen molar-refractivity contribution in [3.05, 3.63) is 66.0 Å². The van der Waals surface area contributed by atoms with E-state index in [1.165, 1.54) is 13.2 Å². The second-order valence-corrected chi connectivity index (χ2v) is 5.72. The maximum atomic E-state index is 10.6. The lowest BCUT2D eigenvalue weighted by atomic mass is 10.2. The number of aliphatic carboxylic acids is 1. The average Bonchev–Trinajstić information content (AvgIpc) is 3.20. The van der Waals surface area contributed by atoms with Crippen LogP contribution in [-0.4, -0.2) is 40.3 Å². The van der Waals surface area contributed by atoms with E-state index in [9.17, 15) is 4.79 Å². The van der Waals surface area contributed by atoms with Crippen LogP contribution in [-0.2, 0) is 11.4 Å². The molecule has 0 saturated carbocycles. The Morgan fingerprint density at radius 1 is 1.11 bits per heavy atom. The number of carboxylic acid groups (broad SMARTS) is 1. The lowest BCUT2D eigenvalue weighted by Gasteiger charge is -2.10. The number of ether oxygens (including phenoxy) is 3. The molecule has 0 unspecified atom stereocenters. The molecule has 0 aliphatic heterocycles. The molecule has 8 heteroatoms. The van der Waals surface area contributed by atoms with E-state index in [2.05, 4.69) is 10.3 Å². The van der Waals surface area contributed by atoms with Crippen LogP contribution in [0.1, 0.15) is 11.3 Å². The van der Waals surface area contributed by atoms with Gasteiger partial charge in [0.15, 0.2) is 11.5 Å². The van der Waals surface area contributed by atoms with Crippen LogP contribution in [0.5, 0.6) is 17.2 Å². The monoisotopic (exact) mass is 381 g/mol. The first-order valence-electron chi connectivity index (χ1n) is 8.36. The summed E-state index contributed by atoms with van der Waals surface area (Å²) in [6.45, 7) is 0.205. The van der Waals surface area contributed by atoms with Gasteiger partial charge in [0.1, 0.15) is 18.1 Å². The molecule has 1 heterocycles. The van der Waals surface area contributed by atoms with Gasteiger partial charge in [-0.05, 0) is 48.0 Å². The smallest absolute Gasteiger partial charge is 0.328 e. The largest absolute Gasteiger partial charge is 0.497 e. The van der Waals surface area contributed by atoms with Gasteiger partial charge < -0.3 is 19.3 Å². The molecule has 0 amide bonds. The SMILES string of the molecule is COc1ccc(-n2cc(COc3ccc(/C=C/C(=O)O)cc3OC)nn2)cc1. The highest BCUT2D eigenvalue weighted by Gasteiger charge is 2.08. The molecular weight excluding hydrogens is 362 g/mol. The third-order valence-electron chi connectivity index (χ3n) is 3.86. The zero-order chi connectivity index (χ0) is 19.9. The summed E-state index contributed by atoms with van der Waals surface area (Å²) in [7, 11) is 3.13. The molecule has 0 atom stereocenters. The molecule has 3 aromatic rings. The van der Waals surface area contributed by atoms with Crippen LogP contribution in [0.2, 0.25) is 0 Å². The van der Waals surface area contributed by atoms with Crippen molar-refractivity contribution in [3.63, 3.8) is 0 Å². The Morgan fingerprint density at radius 3 is 2.57 bits per heavy atom. The molecule has 0 bridgehead atoms. The summed E-state index contributed by atoms with van der Waals surface area (Å²) in [5.41, 5.74) is 2.19. The molecule has 0 fully saturated rings. The Hall–Kier alpha value is -3.81. The van der Waals surface area contributed by atoms with Crippen LogP contribution in [0.25, 0.3) is 11.8 Å². The highest BCUT2D eigenvalue weighted by Crippen LogP contribution is 2.29. The van der Waals surface area contributed by atoms with Gasteiger partial charge >= 0.3 is 5.97 Å². The summed E-state index contributed by atoms with van der Waals surface area (Å²) in [6.07, 6.45) is 4.32. The van der Waals surface area contributed by atoms with E-state index in [4.69, 9.17) is 19.3 Å². The minimum Gasteiger partial charge on any atom is -0.497 e. The third-order valence-corrected chi connectivity index (χ3v) is 3.86. The van der Waals surface area contributed by atoms with Gasteiger partial charge in [-0.1, -0.05) is 11.3 Å². The van der Waals surface area contributed by atoms with E-state index in [0.29, 0.717) is 22.8 Å². The Balaban J connectivity index is 1.68. The molecule has 0 aliphatic rings. The number of aromatic nitrogens is 3. The number of methoxy groups -OCH3 is 2. The molecular formula is C20H19N3O5. The summed E-state index contributed by atoms with van der Waals surface area (Å²) in [6, 6.07) is 12.6. The summed E-state index contributed by atoms with van der Waals surface area (Å²) >= 11 is 0. The Morgan fingerprint density at radius 2 is 1.89 bits per heavy atom. The van der Waals surface area contributed by atoms with Crippen molar-refractivity contribution in [2.45, 2.75) is 6.61 Å². The van der Waals surface area contributed by atoms with Gasteiger partial charge in [0.2, 0.25) is 0 Å². The number of benzene rings is 2. The number of rotatable bonds is 8. The molecule has 0 radical (unpaired) electrons. The summed E-state index contributed by atoms with van der Waals surface area (Å²) < 4.78 is 17.9. The number of carbonyl (C=O) groups is 1. The summed E-state index contributed by atoms with van der Waals surface area (Å²) in [5.74, 6) is 0.768. The van der Waals surface area contributed by atoms with Crippen molar-refractivity contribution in [1.82, 2.24) is 15.0 Å². The molecule has 3 rings (SSSR count). The molecule has 1 aromatic heterocycles. The second kappa shape index (κ2) is 8.72. The Labute approximate surface area is 161 Å². The predicted octanol–water partition coefficient (Wildman–Crippen LogP) is 2.96. The van der Waals surface area contributed by atoms with Crippen LogP contribution in [0.15, 0.2) is 54.7 Å². The van der Waals surface area contributed by atoms with Gasteiger partial charge in [0.05, 0.1) is 26.1 Å². The van der Waals surface area contributed by atoms with Gasteiger partial charge in [0, 0.05) is 6.08 Å².